The quantitative estimate of drug-likeness (QED) is 0.276. The van der Waals surface area contributed by atoms with Gasteiger partial charge in [0.25, 0.3) is 0 Å². The number of hydrogen-bond acceptors (Lipinski definition) is 0. The maximum absolute atomic E-state index is 3.42. The number of nitrogens with one attached hydrogen (secondary N) is 4. The van der Waals surface area contributed by atoms with Crippen LogP contribution in [0.4, 0.5) is 0 Å². The Balaban J connectivity index is 0.000000980. The van der Waals surface area contributed by atoms with Crippen LogP contribution in [0.3, 0.4) is 0 Å². The third kappa shape index (κ3) is 3.57. The summed E-state index contributed by atoms with van der Waals surface area (Å²) in [5.74, 6) is 0. The Labute approximate surface area is 161 Å². The normalized spacial score (nSPS) is 11.7. The molecule has 124 valence electrons. The molecular weight excluding hydrogens is 378 g/mol. The molecule has 5 nitrogen and oxygen atoms in total. The predicted molar refractivity (Wildman–Crippen MR) is 96.6 cm³/mol. The van der Waals surface area contributed by atoms with Crippen LogP contribution >= 0.6 is 0 Å². The van der Waals surface area contributed by atoms with E-state index in [0.717, 1.165) is 44.2 Å². The van der Waals surface area contributed by atoms with Crippen molar-refractivity contribution in [3.8, 4) is 0 Å². The molecule has 0 fully saturated rings. The van der Waals surface area contributed by atoms with E-state index in [0.29, 0.717) is 0 Å². The number of aromatic nitrogens is 4. The number of rotatable bonds is 0. The standard InChI is InChI=1S/C20H16N4.O.Zn/c1-2-14-10-16-5-6-18(23-16)12-20-8-7-19(24-20)11-17-4-3-15(22-17)9-13(1)21-14;;/h1-12,21-24H;;/q;-2;+2. The first-order valence-corrected chi connectivity index (χ1v) is 7.95. The smallest absolute Gasteiger partial charge is 2.00 e. The van der Waals surface area contributed by atoms with Crippen molar-refractivity contribution in [3.63, 3.8) is 0 Å². The zero-order valence-corrected chi connectivity index (χ0v) is 17.0. The zero-order valence-electron chi connectivity index (χ0n) is 14.0. The number of H-pyrrole nitrogens is 4. The minimum Gasteiger partial charge on any atom is -2.00 e. The van der Waals surface area contributed by atoms with Crippen molar-refractivity contribution in [1.29, 1.82) is 0 Å². The largest absolute Gasteiger partial charge is 2.00 e. The fourth-order valence-corrected chi connectivity index (χ4v) is 3.06. The molecule has 0 spiro atoms. The first-order valence-electron chi connectivity index (χ1n) is 7.95. The van der Waals surface area contributed by atoms with Gasteiger partial charge in [-0.25, -0.2) is 0 Å². The summed E-state index contributed by atoms with van der Waals surface area (Å²) in [5.41, 5.74) is 4.29. The second kappa shape index (κ2) is 7.20. The molecule has 8 bridgehead atoms. The number of fused-ring (bicyclic) bond motifs is 8. The average Bonchev–Trinajstić information content (AvgIpc) is 3.32. The van der Waals surface area contributed by atoms with Crippen LogP contribution in [0.15, 0.2) is 48.5 Å². The second-order valence-corrected chi connectivity index (χ2v) is 6.05. The second-order valence-electron chi connectivity index (χ2n) is 6.05. The van der Waals surface area contributed by atoms with Gasteiger partial charge in [-0.2, -0.15) is 0 Å². The van der Waals surface area contributed by atoms with Gasteiger partial charge >= 0.3 is 19.5 Å². The Morgan fingerprint density at radius 2 is 0.654 bits per heavy atom. The first kappa shape index (κ1) is 18.0. The molecule has 0 saturated carbocycles. The molecule has 0 unspecified atom stereocenters. The van der Waals surface area contributed by atoms with Crippen molar-refractivity contribution < 1.29 is 25.0 Å². The Morgan fingerprint density at radius 1 is 0.385 bits per heavy atom. The van der Waals surface area contributed by atoms with Crippen LogP contribution in [0.25, 0.3) is 24.3 Å². The molecule has 26 heavy (non-hydrogen) atoms. The SMILES string of the molecule is C1=c2ccc([nH]2)=Cc2ccc([nH]2)C=c2ccc([nH]2)=Cc2ccc1[nH]2.[O-2].[Zn+2]. The zero-order chi connectivity index (χ0) is 15.9. The molecule has 4 aromatic rings. The molecule has 4 aromatic heterocycles. The summed E-state index contributed by atoms with van der Waals surface area (Å²) in [6.07, 6.45) is 8.42. The van der Waals surface area contributed by atoms with Gasteiger partial charge in [-0.15, -0.1) is 0 Å². The van der Waals surface area contributed by atoms with Gasteiger partial charge in [0.15, 0.2) is 0 Å². The van der Waals surface area contributed by atoms with E-state index in [4.69, 9.17) is 0 Å². The van der Waals surface area contributed by atoms with E-state index in [-0.39, 0.29) is 25.0 Å². The minimum atomic E-state index is 0. The maximum atomic E-state index is 3.42. The first-order chi connectivity index (χ1) is 11.8. The van der Waals surface area contributed by atoms with Crippen LogP contribution in [-0.2, 0) is 25.0 Å². The van der Waals surface area contributed by atoms with Crippen LogP contribution < -0.4 is 21.4 Å². The molecule has 0 aliphatic carbocycles. The summed E-state index contributed by atoms with van der Waals surface area (Å²) in [6, 6.07) is 16.7. The monoisotopic (exact) mass is 392 g/mol. The third-order valence-electron chi connectivity index (χ3n) is 4.17. The van der Waals surface area contributed by atoms with Crippen molar-refractivity contribution in [1.82, 2.24) is 19.9 Å². The summed E-state index contributed by atoms with van der Waals surface area (Å²) in [4.78, 5) is 13.7. The molecule has 4 N–H and O–H groups in total. The van der Waals surface area contributed by atoms with Gasteiger partial charge in [0.2, 0.25) is 0 Å². The van der Waals surface area contributed by atoms with Crippen molar-refractivity contribution >= 4 is 24.3 Å². The summed E-state index contributed by atoms with van der Waals surface area (Å²) in [5, 5.41) is 4.29. The Bertz CT molecular complexity index is 1080. The Morgan fingerprint density at radius 3 is 0.923 bits per heavy atom. The van der Waals surface area contributed by atoms with Gasteiger partial charge in [-0.3, -0.25) is 0 Å². The topological polar surface area (TPSA) is 91.7 Å². The van der Waals surface area contributed by atoms with Gasteiger partial charge in [-0.1, -0.05) is 0 Å². The van der Waals surface area contributed by atoms with E-state index < -0.39 is 0 Å². The van der Waals surface area contributed by atoms with Crippen molar-refractivity contribution in [2.45, 2.75) is 0 Å². The van der Waals surface area contributed by atoms with Crippen LogP contribution in [0.2, 0.25) is 0 Å². The summed E-state index contributed by atoms with van der Waals surface area (Å²) >= 11 is 0. The van der Waals surface area contributed by atoms with Crippen LogP contribution in [0, 0.1) is 0 Å². The van der Waals surface area contributed by atoms with Gasteiger partial charge in [0, 0.05) is 44.2 Å². The molecule has 5 heterocycles. The number of aromatic amines is 4. The Hall–Kier alpha value is -2.82. The summed E-state index contributed by atoms with van der Waals surface area (Å²) < 4.78 is 0. The van der Waals surface area contributed by atoms with Crippen LogP contribution in [-0.4, -0.2) is 19.9 Å². The molecule has 0 saturated heterocycles. The van der Waals surface area contributed by atoms with Gasteiger partial charge < -0.3 is 25.4 Å². The van der Waals surface area contributed by atoms with Crippen molar-refractivity contribution in [3.05, 3.63) is 92.7 Å². The molecule has 6 heteroatoms. The van der Waals surface area contributed by atoms with Gasteiger partial charge in [0.05, 0.1) is 0 Å². The molecule has 0 aromatic carbocycles. The van der Waals surface area contributed by atoms with Crippen molar-refractivity contribution in [2.75, 3.05) is 0 Å². The molecule has 1 aliphatic rings. The maximum Gasteiger partial charge on any atom is 2.00 e. The molecule has 0 amide bonds. The van der Waals surface area contributed by atoms with E-state index >= 15 is 0 Å². The fraction of sp³-hybridized carbons (Fsp3) is 0. The van der Waals surface area contributed by atoms with E-state index in [1.165, 1.54) is 0 Å². The summed E-state index contributed by atoms with van der Waals surface area (Å²) in [7, 11) is 0. The molecule has 0 atom stereocenters. The minimum absolute atomic E-state index is 0. The average molecular weight is 394 g/mol. The predicted octanol–water partition coefficient (Wildman–Crippen LogP) is 0.506. The summed E-state index contributed by atoms with van der Waals surface area (Å²) in [6.45, 7) is 0. The van der Waals surface area contributed by atoms with Crippen LogP contribution in [0.1, 0.15) is 22.8 Å². The molecule has 5 rings (SSSR count). The van der Waals surface area contributed by atoms with Gasteiger partial charge in [0.1, 0.15) is 0 Å². The van der Waals surface area contributed by atoms with E-state index in [2.05, 4.69) is 92.8 Å². The van der Waals surface area contributed by atoms with Crippen LogP contribution in [0.5, 0.6) is 0 Å². The Kier molecular flexibility index (Phi) is 4.98. The molecular formula is C20H16N4OZn. The molecule has 1 aliphatic heterocycles. The molecule has 0 radical (unpaired) electrons. The third-order valence-corrected chi connectivity index (χ3v) is 4.17. The van der Waals surface area contributed by atoms with E-state index in [1.807, 2.05) is 0 Å². The fourth-order valence-electron chi connectivity index (χ4n) is 3.06. The van der Waals surface area contributed by atoms with E-state index in [1.54, 1.807) is 0 Å². The van der Waals surface area contributed by atoms with Gasteiger partial charge in [-0.05, 0) is 72.8 Å². The van der Waals surface area contributed by atoms with Crippen molar-refractivity contribution in [2.24, 2.45) is 0 Å². The number of hydrogen-bond donors (Lipinski definition) is 4. The van der Waals surface area contributed by atoms with E-state index in [9.17, 15) is 0 Å².